The number of carbonyl (C=O) groups excluding carboxylic acids is 1. The highest BCUT2D eigenvalue weighted by molar-refractivity contribution is 7.09. The third-order valence-electron chi connectivity index (χ3n) is 2.48. The van der Waals surface area contributed by atoms with Gasteiger partial charge in [0, 0.05) is 23.5 Å². The first-order valence-electron chi connectivity index (χ1n) is 6.63. The van der Waals surface area contributed by atoms with E-state index in [0.717, 1.165) is 23.9 Å². The zero-order valence-electron chi connectivity index (χ0n) is 12.4. The van der Waals surface area contributed by atoms with Crippen LogP contribution in [0.3, 0.4) is 0 Å². The van der Waals surface area contributed by atoms with Crippen LogP contribution in [0.15, 0.2) is 0 Å². The lowest BCUT2D eigenvalue weighted by Gasteiger charge is -2.19. The number of hydrogen-bond acceptors (Lipinski definition) is 6. The predicted molar refractivity (Wildman–Crippen MR) is 77.7 cm³/mol. The molecule has 108 valence electrons. The maximum absolute atomic E-state index is 11.6. The molecule has 0 aliphatic heterocycles. The van der Waals surface area contributed by atoms with Crippen molar-refractivity contribution < 1.29 is 9.53 Å². The van der Waals surface area contributed by atoms with Crippen LogP contribution in [0.5, 0.6) is 0 Å². The van der Waals surface area contributed by atoms with Crippen LogP contribution in [-0.2, 0) is 14.9 Å². The molecule has 0 aliphatic carbocycles. The third-order valence-corrected chi connectivity index (χ3v) is 3.25. The van der Waals surface area contributed by atoms with Gasteiger partial charge < -0.3 is 9.64 Å². The minimum Gasteiger partial charge on any atom is -0.465 e. The second kappa shape index (κ2) is 6.84. The SMILES string of the molecule is CCCN(CC(=O)OCC)c1nc(C(C)(C)C)ns1. The van der Waals surface area contributed by atoms with Crippen molar-refractivity contribution in [3.63, 3.8) is 0 Å². The lowest BCUT2D eigenvalue weighted by Crippen LogP contribution is -2.31. The summed E-state index contributed by atoms with van der Waals surface area (Å²) in [7, 11) is 0. The van der Waals surface area contributed by atoms with Crippen LogP contribution >= 0.6 is 11.5 Å². The molecule has 6 heteroatoms. The number of esters is 1. The lowest BCUT2D eigenvalue weighted by atomic mass is 9.96. The first kappa shape index (κ1) is 15.9. The van der Waals surface area contributed by atoms with Gasteiger partial charge in [0.1, 0.15) is 12.4 Å². The van der Waals surface area contributed by atoms with E-state index in [9.17, 15) is 4.79 Å². The average molecular weight is 285 g/mol. The smallest absolute Gasteiger partial charge is 0.325 e. The van der Waals surface area contributed by atoms with Crippen molar-refractivity contribution in [3.8, 4) is 0 Å². The Balaban J connectivity index is 2.81. The number of hydrogen-bond donors (Lipinski definition) is 0. The molecule has 5 nitrogen and oxygen atoms in total. The van der Waals surface area contributed by atoms with E-state index in [2.05, 4.69) is 37.1 Å². The summed E-state index contributed by atoms with van der Waals surface area (Å²) in [6, 6.07) is 0. The van der Waals surface area contributed by atoms with E-state index in [4.69, 9.17) is 4.74 Å². The Morgan fingerprint density at radius 3 is 2.53 bits per heavy atom. The molecule has 0 N–H and O–H groups in total. The molecule has 1 aromatic rings. The zero-order valence-corrected chi connectivity index (χ0v) is 13.2. The van der Waals surface area contributed by atoms with Crippen molar-refractivity contribution >= 4 is 22.6 Å². The van der Waals surface area contributed by atoms with E-state index in [-0.39, 0.29) is 17.9 Å². The second-order valence-electron chi connectivity index (χ2n) is 5.38. The molecule has 0 spiro atoms. The summed E-state index contributed by atoms with van der Waals surface area (Å²) in [5, 5.41) is 0.792. The summed E-state index contributed by atoms with van der Waals surface area (Å²) in [6.07, 6.45) is 0.948. The fraction of sp³-hybridized carbons (Fsp3) is 0.769. The number of ether oxygens (including phenoxy) is 1. The highest BCUT2D eigenvalue weighted by Gasteiger charge is 2.22. The number of nitrogens with zero attached hydrogens (tertiary/aromatic N) is 3. The molecule has 0 aliphatic rings. The summed E-state index contributed by atoms with van der Waals surface area (Å²) >= 11 is 1.34. The normalized spacial score (nSPS) is 11.4. The maximum Gasteiger partial charge on any atom is 0.325 e. The highest BCUT2D eigenvalue weighted by atomic mass is 32.1. The minimum atomic E-state index is -0.219. The van der Waals surface area contributed by atoms with Gasteiger partial charge in [-0.15, -0.1) is 0 Å². The first-order chi connectivity index (χ1) is 8.88. The van der Waals surface area contributed by atoms with Crippen molar-refractivity contribution in [2.75, 3.05) is 24.6 Å². The van der Waals surface area contributed by atoms with Crippen LogP contribution in [0.2, 0.25) is 0 Å². The summed E-state index contributed by atoms with van der Waals surface area (Å²) in [6.45, 7) is 11.5. The van der Waals surface area contributed by atoms with Crippen LogP contribution < -0.4 is 4.90 Å². The van der Waals surface area contributed by atoms with Crippen LogP contribution in [0.1, 0.15) is 46.9 Å². The van der Waals surface area contributed by atoms with Gasteiger partial charge in [0.25, 0.3) is 0 Å². The van der Waals surface area contributed by atoms with Gasteiger partial charge in [-0.3, -0.25) is 4.79 Å². The van der Waals surface area contributed by atoms with Gasteiger partial charge in [0.2, 0.25) is 5.13 Å². The zero-order chi connectivity index (χ0) is 14.5. The quantitative estimate of drug-likeness (QED) is 0.752. The molecule has 0 saturated heterocycles. The molecule has 19 heavy (non-hydrogen) atoms. The monoisotopic (exact) mass is 285 g/mol. The molecule has 0 fully saturated rings. The van der Waals surface area contributed by atoms with E-state index >= 15 is 0 Å². The molecule has 0 unspecified atom stereocenters. The van der Waals surface area contributed by atoms with E-state index in [0.29, 0.717) is 6.61 Å². The number of rotatable bonds is 6. The molecule has 0 radical (unpaired) electrons. The summed E-state index contributed by atoms with van der Waals surface area (Å²) in [5.41, 5.74) is -0.0729. The second-order valence-corrected chi connectivity index (χ2v) is 6.11. The number of aromatic nitrogens is 2. The van der Waals surface area contributed by atoms with Crippen LogP contribution in [0.4, 0.5) is 5.13 Å². The van der Waals surface area contributed by atoms with Gasteiger partial charge in [0.15, 0.2) is 0 Å². The maximum atomic E-state index is 11.6. The van der Waals surface area contributed by atoms with Crippen LogP contribution in [0.25, 0.3) is 0 Å². The first-order valence-corrected chi connectivity index (χ1v) is 7.40. The van der Waals surface area contributed by atoms with E-state index in [1.165, 1.54) is 11.5 Å². The Hall–Kier alpha value is -1.17. The summed E-state index contributed by atoms with van der Waals surface area (Å²) in [4.78, 5) is 18.1. The van der Waals surface area contributed by atoms with Crippen molar-refractivity contribution in [2.45, 2.75) is 46.5 Å². The van der Waals surface area contributed by atoms with Crippen molar-refractivity contribution in [1.82, 2.24) is 9.36 Å². The van der Waals surface area contributed by atoms with Gasteiger partial charge in [-0.2, -0.15) is 4.37 Å². The van der Waals surface area contributed by atoms with Crippen LogP contribution in [0, 0.1) is 0 Å². The molecule has 0 aromatic carbocycles. The predicted octanol–water partition coefficient (Wildman–Crippen LogP) is 2.62. The van der Waals surface area contributed by atoms with Crippen molar-refractivity contribution in [1.29, 1.82) is 0 Å². The fourth-order valence-electron chi connectivity index (χ4n) is 1.52. The third kappa shape index (κ3) is 4.78. The van der Waals surface area contributed by atoms with Crippen molar-refractivity contribution in [2.24, 2.45) is 0 Å². The largest absolute Gasteiger partial charge is 0.465 e. The highest BCUT2D eigenvalue weighted by Crippen LogP contribution is 2.25. The van der Waals surface area contributed by atoms with Gasteiger partial charge >= 0.3 is 5.97 Å². The molecule has 0 amide bonds. The number of carbonyl (C=O) groups is 1. The Morgan fingerprint density at radius 1 is 1.37 bits per heavy atom. The Morgan fingerprint density at radius 2 is 2.05 bits per heavy atom. The molecule has 0 saturated carbocycles. The Bertz CT molecular complexity index is 412. The van der Waals surface area contributed by atoms with E-state index < -0.39 is 0 Å². The summed E-state index contributed by atoms with van der Waals surface area (Å²) < 4.78 is 9.37. The molecule has 1 rings (SSSR count). The molecule has 0 bridgehead atoms. The van der Waals surface area contributed by atoms with E-state index in [1.54, 1.807) is 0 Å². The molecule has 1 heterocycles. The van der Waals surface area contributed by atoms with Crippen molar-refractivity contribution in [3.05, 3.63) is 5.82 Å². The topological polar surface area (TPSA) is 55.3 Å². The standard InChI is InChI=1S/C13H23N3O2S/c1-6-8-16(9-10(17)18-7-2)12-14-11(15-19-12)13(3,4)5/h6-9H2,1-5H3. The Kier molecular flexibility index (Phi) is 5.72. The van der Waals surface area contributed by atoms with Gasteiger partial charge in [-0.25, -0.2) is 4.98 Å². The van der Waals surface area contributed by atoms with Crippen LogP contribution in [-0.4, -0.2) is 35.0 Å². The summed E-state index contributed by atoms with van der Waals surface area (Å²) in [5.74, 6) is 0.598. The fourth-order valence-corrected chi connectivity index (χ4v) is 2.40. The lowest BCUT2D eigenvalue weighted by molar-refractivity contribution is -0.141. The van der Waals surface area contributed by atoms with Gasteiger partial charge in [-0.05, 0) is 13.3 Å². The average Bonchev–Trinajstić information content (AvgIpc) is 2.77. The van der Waals surface area contributed by atoms with Gasteiger partial charge in [0.05, 0.1) is 6.61 Å². The number of anilines is 1. The Labute approximate surface area is 119 Å². The van der Waals surface area contributed by atoms with Gasteiger partial charge in [-0.1, -0.05) is 27.7 Å². The molecule has 0 atom stereocenters. The van der Waals surface area contributed by atoms with E-state index in [1.807, 2.05) is 11.8 Å². The molecule has 1 aromatic heterocycles. The molecular formula is C13H23N3O2S. The minimum absolute atomic E-state index is 0.0729. The molecular weight excluding hydrogens is 262 g/mol.